The molecule has 234 valence electrons. The van der Waals surface area contributed by atoms with Crippen molar-refractivity contribution in [3.63, 3.8) is 0 Å². The molecule has 4 nitrogen and oxygen atoms in total. The van der Waals surface area contributed by atoms with Crippen molar-refractivity contribution in [1.29, 1.82) is 0 Å². The predicted molar refractivity (Wildman–Crippen MR) is 209 cm³/mol. The summed E-state index contributed by atoms with van der Waals surface area (Å²) >= 11 is 0. The summed E-state index contributed by atoms with van der Waals surface area (Å²) in [6.07, 6.45) is 1.93. The molecule has 0 spiro atoms. The van der Waals surface area contributed by atoms with E-state index in [1.54, 1.807) is 0 Å². The summed E-state index contributed by atoms with van der Waals surface area (Å²) < 4.78 is 2.36. The fourth-order valence-corrected chi connectivity index (χ4v) is 7.59. The first kappa shape index (κ1) is 28.3. The van der Waals surface area contributed by atoms with Crippen molar-refractivity contribution in [2.75, 3.05) is 4.90 Å². The first-order valence-corrected chi connectivity index (χ1v) is 16.9. The summed E-state index contributed by atoms with van der Waals surface area (Å²) in [4.78, 5) is 12.8. The van der Waals surface area contributed by atoms with Gasteiger partial charge in [0.25, 0.3) is 0 Å². The Labute approximate surface area is 289 Å². The summed E-state index contributed by atoms with van der Waals surface area (Å²) in [6, 6.07) is 62.2. The van der Waals surface area contributed by atoms with Crippen LogP contribution in [0.1, 0.15) is 0 Å². The van der Waals surface area contributed by atoms with Crippen LogP contribution in [-0.2, 0) is 0 Å². The van der Waals surface area contributed by atoms with Crippen LogP contribution in [0, 0.1) is 0 Å². The third-order valence-electron chi connectivity index (χ3n) is 9.81. The van der Waals surface area contributed by atoms with Crippen molar-refractivity contribution in [2.24, 2.45) is 0 Å². The number of rotatable bonds is 5. The minimum absolute atomic E-state index is 0.830. The zero-order chi connectivity index (χ0) is 33.0. The van der Waals surface area contributed by atoms with Gasteiger partial charge in [-0.3, -0.25) is 4.98 Å². The first-order chi connectivity index (χ1) is 24.8. The van der Waals surface area contributed by atoms with Crippen LogP contribution in [-0.4, -0.2) is 14.5 Å². The number of hydrogen-bond acceptors (Lipinski definition) is 3. The van der Waals surface area contributed by atoms with Crippen molar-refractivity contribution in [2.45, 2.75) is 0 Å². The van der Waals surface area contributed by atoms with Crippen LogP contribution in [0.3, 0.4) is 0 Å². The van der Waals surface area contributed by atoms with Gasteiger partial charge in [-0.2, -0.15) is 0 Å². The van der Waals surface area contributed by atoms with Gasteiger partial charge in [0.15, 0.2) is 0 Å². The number of anilines is 3. The topological polar surface area (TPSA) is 34.0 Å². The van der Waals surface area contributed by atoms with E-state index in [1.807, 2.05) is 6.20 Å². The van der Waals surface area contributed by atoms with Gasteiger partial charge in [-0.15, -0.1) is 0 Å². The molecular weight excluding hydrogens is 609 g/mol. The molecule has 0 aliphatic rings. The molecule has 2 heterocycles. The minimum atomic E-state index is 0.830. The van der Waals surface area contributed by atoms with Crippen LogP contribution in [0.2, 0.25) is 0 Å². The molecule has 2 aromatic heterocycles. The summed E-state index contributed by atoms with van der Waals surface area (Å²) in [6.45, 7) is 0. The van der Waals surface area contributed by atoms with Crippen LogP contribution in [0.4, 0.5) is 17.1 Å². The van der Waals surface area contributed by atoms with E-state index in [0.29, 0.717) is 0 Å². The van der Waals surface area contributed by atoms with Crippen LogP contribution < -0.4 is 4.90 Å². The minimum Gasteiger partial charge on any atom is -0.310 e. The molecule has 0 saturated carbocycles. The second-order valence-electron chi connectivity index (χ2n) is 12.6. The van der Waals surface area contributed by atoms with Crippen LogP contribution >= 0.6 is 0 Å². The Balaban J connectivity index is 1.15. The average Bonchev–Trinajstić information content (AvgIpc) is 3.53. The Bertz CT molecular complexity index is 2780. The maximum atomic E-state index is 5.37. The lowest BCUT2D eigenvalue weighted by atomic mass is 9.99. The van der Waals surface area contributed by atoms with E-state index >= 15 is 0 Å². The average molecular weight is 639 g/mol. The third-order valence-corrected chi connectivity index (χ3v) is 9.81. The van der Waals surface area contributed by atoms with E-state index in [0.717, 1.165) is 55.8 Å². The summed E-state index contributed by atoms with van der Waals surface area (Å²) in [7, 11) is 0. The van der Waals surface area contributed by atoms with Crippen molar-refractivity contribution in [3.05, 3.63) is 182 Å². The molecule has 0 atom stereocenters. The quantitative estimate of drug-likeness (QED) is 0.176. The zero-order valence-electron chi connectivity index (χ0n) is 27.1. The van der Waals surface area contributed by atoms with Crippen molar-refractivity contribution >= 4 is 71.4 Å². The fourth-order valence-electron chi connectivity index (χ4n) is 7.59. The van der Waals surface area contributed by atoms with E-state index in [2.05, 4.69) is 185 Å². The summed E-state index contributed by atoms with van der Waals surface area (Å²) in [5.41, 5.74) is 10.3. The standard InChI is InChI=1S/C46H30N4/c1-2-14-31(15-3-1)49(32-26-28-33(29-27-32)50-42-23-11-8-18-36(42)37-19-9-12-24-43(37)50)44-25-13-10-22-40(44)41-30-47-45-38-20-6-4-16-34(38)35-17-5-7-21-39(35)46(45)48-41/h1-30H. The lowest BCUT2D eigenvalue weighted by Gasteiger charge is -2.28. The normalized spacial score (nSPS) is 11.6. The Kier molecular flexibility index (Phi) is 6.46. The molecule has 0 unspecified atom stereocenters. The Morgan fingerprint density at radius 3 is 1.56 bits per heavy atom. The number of nitrogens with zero attached hydrogens (tertiary/aromatic N) is 4. The van der Waals surface area contributed by atoms with E-state index < -0.39 is 0 Å². The number of para-hydroxylation sites is 4. The zero-order valence-corrected chi connectivity index (χ0v) is 27.1. The Morgan fingerprint density at radius 1 is 0.400 bits per heavy atom. The number of hydrogen-bond donors (Lipinski definition) is 0. The van der Waals surface area contributed by atoms with Crippen LogP contribution in [0.5, 0.6) is 0 Å². The molecule has 4 heteroatoms. The number of benzene rings is 8. The molecule has 8 aromatic carbocycles. The summed E-state index contributed by atoms with van der Waals surface area (Å²) in [5.74, 6) is 0. The Hall–Kier alpha value is -6.78. The highest BCUT2D eigenvalue weighted by molar-refractivity contribution is 6.23. The van der Waals surface area contributed by atoms with Crippen LogP contribution in [0.15, 0.2) is 182 Å². The van der Waals surface area contributed by atoms with E-state index in [1.165, 1.54) is 32.6 Å². The van der Waals surface area contributed by atoms with E-state index in [9.17, 15) is 0 Å². The third kappa shape index (κ3) is 4.39. The van der Waals surface area contributed by atoms with E-state index in [4.69, 9.17) is 9.97 Å². The smallest absolute Gasteiger partial charge is 0.0979 e. The molecule has 50 heavy (non-hydrogen) atoms. The molecule has 0 aliphatic carbocycles. The van der Waals surface area contributed by atoms with Gasteiger partial charge in [-0.25, -0.2) is 4.98 Å². The number of fused-ring (bicyclic) bond motifs is 9. The van der Waals surface area contributed by atoms with Gasteiger partial charge in [0.1, 0.15) is 0 Å². The van der Waals surface area contributed by atoms with Crippen LogP contribution in [0.25, 0.3) is 71.3 Å². The van der Waals surface area contributed by atoms with Crippen molar-refractivity contribution in [3.8, 4) is 16.9 Å². The first-order valence-electron chi connectivity index (χ1n) is 16.9. The predicted octanol–water partition coefficient (Wildman–Crippen LogP) is 12.2. The molecule has 0 fully saturated rings. The molecule has 0 bridgehead atoms. The molecule has 0 aliphatic heterocycles. The largest absolute Gasteiger partial charge is 0.310 e. The maximum Gasteiger partial charge on any atom is 0.0979 e. The SMILES string of the molecule is c1ccc(N(c2ccc(-n3c4ccccc4c4ccccc43)cc2)c2ccccc2-c2cnc3c4ccccc4c4ccccc4c3n2)cc1. The lowest BCUT2D eigenvalue weighted by molar-refractivity contribution is 1.17. The van der Waals surface area contributed by atoms with Gasteiger partial charge in [0.2, 0.25) is 0 Å². The van der Waals surface area contributed by atoms with Crippen molar-refractivity contribution in [1.82, 2.24) is 14.5 Å². The highest BCUT2D eigenvalue weighted by atomic mass is 15.1. The van der Waals surface area contributed by atoms with Gasteiger partial charge < -0.3 is 9.47 Å². The molecule has 0 N–H and O–H groups in total. The highest BCUT2D eigenvalue weighted by Gasteiger charge is 2.20. The molecular formula is C46H30N4. The van der Waals surface area contributed by atoms with Gasteiger partial charge >= 0.3 is 0 Å². The monoisotopic (exact) mass is 638 g/mol. The van der Waals surface area contributed by atoms with Gasteiger partial charge in [-0.1, -0.05) is 121 Å². The second kappa shape index (κ2) is 11.4. The van der Waals surface area contributed by atoms with Gasteiger partial charge in [-0.05, 0) is 65.4 Å². The van der Waals surface area contributed by atoms with E-state index in [-0.39, 0.29) is 0 Å². The molecule has 10 aromatic rings. The van der Waals surface area contributed by atoms with Gasteiger partial charge in [0, 0.05) is 44.2 Å². The molecule has 0 saturated heterocycles. The maximum absolute atomic E-state index is 5.37. The molecule has 0 amide bonds. The van der Waals surface area contributed by atoms with Crippen molar-refractivity contribution < 1.29 is 0 Å². The fraction of sp³-hybridized carbons (Fsp3) is 0. The number of aromatic nitrogens is 3. The second-order valence-corrected chi connectivity index (χ2v) is 12.6. The highest BCUT2D eigenvalue weighted by Crippen LogP contribution is 2.42. The Morgan fingerprint density at radius 2 is 0.900 bits per heavy atom. The molecule has 10 rings (SSSR count). The molecule has 0 radical (unpaired) electrons. The van der Waals surface area contributed by atoms with Gasteiger partial charge in [0.05, 0.1) is 39.6 Å². The lowest BCUT2D eigenvalue weighted by Crippen LogP contribution is -2.11. The summed E-state index contributed by atoms with van der Waals surface area (Å²) in [5, 5.41) is 7.10.